The van der Waals surface area contributed by atoms with Gasteiger partial charge in [0.05, 0.1) is 50.4 Å². The monoisotopic (exact) mass is 640 g/mol. The molecule has 50 heavy (non-hydrogen) atoms. The Balaban J connectivity index is 1.03. The molecule has 0 spiro atoms. The van der Waals surface area contributed by atoms with Crippen molar-refractivity contribution in [2.24, 2.45) is 0 Å². The van der Waals surface area contributed by atoms with Gasteiger partial charge in [-0.1, -0.05) is 72.8 Å². The largest absolute Gasteiger partial charge is 0.309 e. The zero-order valence-corrected chi connectivity index (χ0v) is 26.8. The van der Waals surface area contributed by atoms with Crippen molar-refractivity contribution in [1.82, 2.24) is 29.1 Å². The summed E-state index contributed by atoms with van der Waals surface area (Å²) in [6, 6.07) is 52.5. The third-order valence-electron chi connectivity index (χ3n) is 9.46. The molecule has 0 radical (unpaired) electrons. The van der Waals surface area contributed by atoms with Crippen LogP contribution in [-0.2, 0) is 0 Å². The highest BCUT2D eigenvalue weighted by atomic mass is 15.0. The average Bonchev–Trinajstić information content (AvgIpc) is 3.71. The zero-order chi connectivity index (χ0) is 33.0. The van der Waals surface area contributed by atoms with Gasteiger partial charge in [-0.25, -0.2) is 9.97 Å². The normalized spacial score (nSPS) is 11.6. The van der Waals surface area contributed by atoms with E-state index in [-0.39, 0.29) is 0 Å². The lowest BCUT2D eigenvalue weighted by Gasteiger charge is -2.11. The number of pyridine rings is 4. The van der Waals surface area contributed by atoms with Gasteiger partial charge in [0.2, 0.25) is 0 Å². The lowest BCUT2D eigenvalue weighted by molar-refractivity contribution is 1.17. The van der Waals surface area contributed by atoms with Crippen LogP contribution >= 0.6 is 0 Å². The fraction of sp³-hybridized carbons (Fsp3) is 0. The number of aromatic nitrogens is 6. The van der Waals surface area contributed by atoms with E-state index in [1.165, 1.54) is 5.39 Å². The SMILES string of the molecule is c1cc(-c2cccc(-c3cccc(-c4cccc(-n5c6ccccc6c6ncccc65)c4)n3)n2)cc(-n2c3ccccc3c3cnccc32)c1. The lowest BCUT2D eigenvalue weighted by Crippen LogP contribution is -1.96. The second-order valence-corrected chi connectivity index (χ2v) is 12.4. The van der Waals surface area contributed by atoms with Gasteiger partial charge in [-0.05, 0) is 78.9 Å². The van der Waals surface area contributed by atoms with E-state index in [2.05, 4.69) is 148 Å². The predicted octanol–water partition coefficient (Wildman–Crippen LogP) is 10.5. The standard InChI is InChI=1S/C44H28N6/c1-3-20-40-33(14-1)35-28-45-25-23-42(35)49(40)31-12-5-10-29(26-31)36-16-7-18-38(47-36)39-19-8-17-37(48-39)30-11-6-13-32(27-30)50-41-21-4-2-15-34(41)44-43(50)22-9-24-46-44/h1-28H. The van der Waals surface area contributed by atoms with Crippen molar-refractivity contribution < 1.29 is 0 Å². The highest BCUT2D eigenvalue weighted by molar-refractivity contribution is 6.09. The van der Waals surface area contributed by atoms with E-state index in [0.717, 1.165) is 83.6 Å². The first-order valence-electron chi connectivity index (χ1n) is 16.6. The summed E-state index contributed by atoms with van der Waals surface area (Å²) >= 11 is 0. The van der Waals surface area contributed by atoms with Crippen LogP contribution in [0, 0.1) is 0 Å². The van der Waals surface area contributed by atoms with E-state index < -0.39 is 0 Å². The maximum Gasteiger partial charge on any atom is 0.0963 e. The molecule has 0 atom stereocenters. The van der Waals surface area contributed by atoms with Gasteiger partial charge in [-0.2, -0.15) is 0 Å². The van der Waals surface area contributed by atoms with E-state index in [0.29, 0.717) is 0 Å². The maximum atomic E-state index is 5.13. The summed E-state index contributed by atoms with van der Waals surface area (Å²) in [4.78, 5) is 19.4. The summed E-state index contributed by atoms with van der Waals surface area (Å²) in [5, 5.41) is 3.46. The Labute approximate surface area is 287 Å². The fourth-order valence-electron chi connectivity index (χ4n) is 7.24. The number of rotatable bonds is 5. The van der Waals surface area contributed by atoms with E-state index in [9.17, 15) is 0 Å². The molecular weight excluding hydrogens is 613 g/mol. The van der Waals surface area contributed by atoms with E-state index in [1.54, 1.807) is 0 Å². The van der Waals surface area contributed by atoms with Gasteiger partial charge < -0.3 is 9.13 Å². The highest BCUT2D eigenvalue weighted by Crippen LogP contribution is 2.34. The summed E-state index contributed by atoms with van der Waals surface area (Å²) in [5.41, 5.74) is 13.1. The Morgan fingerprint density at radius 1 is 0.380 bits per heavy atom. The molecule has 6 aromatic heterocycles. The molecular formula is C44H28N6. The molecule has 0 unspecified atom stereocenters. The Kier molecular flexibility index (Phi) is 6.39. The quantitative estimate of drug-likeness (QED) is 0.188. The second kappa shape index (κ2) is 11.4. The van der Waals surface area contributed by atoms with Gasteiger partial charge in [-0.3, -0.25) is 9.97 Å². The van der Waals surface area contributed by atoms with Gasteiger partial charge in [0.25, 0.3) is 0 Å². The summed E-state index contributed by atoms with van der Waals surface area (Å²) in [7, 11) is 0. The van der Waals surface area contributed by atoms with Crippen molar-refractivity contribution in [3.63, 3.8) is 0 Å². The molecule has 0 N–H and O–H groups in total. The molecule has 10 rings (SSSR count). The molecule has 0 aliphatic rings. The first-order chi connectivity index (χ1) is 24.8. The van der Waals surface area contributed by atoms with Gasteiger partial charge in [0.1, 0.15) is 0 Å². The third kappa shape index (κ3) is 4.50. The number of nitrogens with zero attached hydrogens (tertiary/aromatic N) is 6. The van der Waals surface area contributed by atoms with Crippen LogP contribution in [0.4, 0.5) is 0 Å². The molecule has 0 bridgehead atoms. The summed E-state index contributed by atoms with van der Waals surface area (Å²) in [6.45, 7) is 0. The summed E-state index contributed by atoms with van der Waals surface area (Å²) < 4.78 is 4.58. The van der Waals surface area contributed by atoms with Crippen molar-refractivity contribution in [3.8, 4) is 45.3 Å². The molecule has 0 aliphatic carbocycles. The molecule has 6 heteroatoms. The van der Waals surface area contributed by atoms with E-state index >= 15 is 0 Å². The van der Waals surface area contributed by atoms with Gasteiger partial charge >= 0.3 is 0 Å². The number of para-hydroxylation sites is 2. The van der Waals surface area contributed by atoms with Crippen LogP contribution in [0.1, 0.15) is 0 Å². The van der Waals surface area contributed by atoms with Crippen LogP contribution in [0.15, 0.2) is 170 Å². The van der Waals surface area contributed by atoms with Crippen molar-refractivity contribution in [1.29, 1.82) is 0 Å². The summed E-state index contributed by atoms with van der Waals surface area (Å²) in [5.74, 6) is 0. The fourth-order valence-corrected chi connectivity index (χ4v) is 7.24. The minimum atomic E-state index is 0.821. The summed E-state index contributed by atoms with van der Waals surface area (Å²) in [6.07, 6.45) is 5.66. The Bertz CT molecular complexity index is 2590. The van der Waals surface area contributed by atoms with Gasteiger partial charge in [-0.15, -0.1) is 0 Å². The molecule has 234 valence electrons. The number of benzene rings is 4. The van der Waals surface area contributed by atoms with Crippen LogP contribution in [0.2, 0.25) is 0 Å². The Morgan fingerprint density at radius 3 is 1.62 bits per heavy atom. The molecule has 0 fully saturated rings. The van der Waals surface area contributed by atoms with Crippen LogP contribution < -0.4 is 0 Å². The molecule has 6 heterocycles. The number of hydrogen-bond donors (Lipinski definition) is 0. The van der Waals surface area contributed by atoms with Crippen LogP contribution in [0.25, 0.3) is 89.0 Å². The molecule has 6 nitrogen and oxygen atoms in total. The number of hydrogen-bond acceptors (Lipinski definition) is 4. The molecule has 10 aromatic rings. The van der Waals surface area contributed by atoms with Crippen molar-refractivity contribution in [3.05, 3.63) is 170 Å². The van der Waals surface area contributed by atoms with Crippen molar-refractivity contribution >= 4 is 43.7 Å². The predicted molar refractivity (Wildman–Crippen MR) is 203 cm³/mol. The number of fused-ring (bicyclic) bond motifs is 6. The molecule has 0 amide bonds. The molecule has 0 saturated carbocycles. The van der Waals surface area contributed by atoms with Gasteiger partial charge in [0.15, 0.2) is 0 Å². The smallest absolute Gasteiger partial charge is 0.0963 e. The first kappa shape index (κ1) is 28.1. The third-order valence-corrected chi connectivity index (χ3v) is 9.46. The van der Waals surface area contributed by atoms with E-state index in [4.69, 9.17) is 15.0 Å². The van der Waals surface area contributed by atoms with Crippen LogP contribution in [0.3, 0.4) is 0 Å². The Hall–Kier alpha value is -6.92. The Morgan fingerprint density at radius 2 is 0.920 bits per heavy atom. The maximum absolute atomic E-state index is 5.13. The lowest BCUT2D eigenvalue weighted by atomic mass is 10.1. The minimum Gasteiger partial charge on any atom is -0.309 e. The highest BCUT2D eigenvalue weighted by Gasteiger charge is 2.15. The first-order valence-corrected chi connectivity index (χ1v) is 16.6. The van der Waals surface area contributed by atoms with Crippen molar-refractivity contribution in [2.45, 2.75) is 0 Å². The average molecular weight is 641 g/mol. The van der Waals surface area contributed by atoms with E-state index in [1.807, 2.05) is 36.8 Å². The van der Waals surface area contributed by atoms with Gasteiger partial charge in [0, 0.05) is 57.3 Å². The van der Waals surface area contributed by atoms with Crippen molar-refractivity contribution in [2.75, 3.05) is 0 Å². The topological polar surface area (TPSA) is 61.4 Å². The minimum absolute atomic E-state index is 0.821. The molecule has 4 aromatic carbocycles. The molecule has 0 aliphatic heterocycles. The second-order valence-electron chi connectivity index (χ2n) is 12.4. The van der Waals surface area contributed by atoms with Crippen LogP contribution in [0.5, 0.6) is 0 Å². The van der Waals surface area contributed by atoms with Crippen LogP contribution in [-0.4, -0.2) is 29.1 Å². The zero-order valence-electron chi connectivity index (χ0n) is 26.8. The molecule has 0 saturated heterocycles.